The van der Waals surface area contributed by atoms with Gasteiger partial charge in [0.15, 0.2) is 0 Å². The number of aliphatic hydroxyl groups excluding tert-OH is 3. The van der Waals surface area contributed by atoms with Crippen molar-refractivity contribution in [3.63, 3.8) is 0 Å². The lowest BCUT2D eigenvalue weighted by molar-refractivity contribution is -0.299. The molecule has 1 radical (unpaired) electrons. The van der Waals surface area contributed by atoms with E-state index in [4.69, 9.17) is 19.0 Å². The predicted octanol–water partition coefficient (Wildman–Crippen LogP) is 0.944. The highest BCUT2D eigenvalue weighted by Gasteiger charge is 2.37. The quantitative estimate of drug-likeness (QED) is 0.661. The van der Waals surface area contributed by atoms with Crippen LogP contribution < -0.4 is 5.11 Å². The number of fused-ring (bicyclic) bond motifs is 1. The zero-order chi connectivity index (χ0) is 20.5. The Morgan fingerprint density at radius 2 is 1.72 bits per heavy atom. The molecule has 0 amide bonds. The van der Waals surface area contributed by atoms with E-state index in [2.05, 4.69) is 0 Å². The number of nitrogens with zero attached hydrogens (tertiary/aromatic N) is 1. The summed E-state index contributed by atoms with van der Waals surface area (Å²) in [6.45, 7) is -0.858. The van der Waals surface area contributed by atoms with Crippen LogP contribution in [-0.4, -0.2) is 32.9 Å². The third-order valence-corrected chi connectivity index (χ3v) is 4.90. The normalized spacial score (nSPS) is 20.3. The molecule has 2 aliphatic heterocycles. The average Bonchev–Trinajstić information content (AvgIpc) is 3.42. The number of hydrogen-bond donors (Lipinski definition) is 3. The van der Waals surface area contributed by atoms with Gasteiger partial charge in [0.05, 0.1) is 18.3 Å². The fraction of sp³-hybridized carbons (Fsp3) is 0.238. The van der Waals surface area contributed by atoms with Gasteiger partial charge in [-0.3, -0.25) is 5.11 Å². The molecular formula is C21H19NO7-. The minimum atomic E-state index is -0.702. The number of aliphatic hydroxyl groups is 3. The van der Waals surface area contributed by atoms with E-state index in [9.17, 15) is 15.3 Å². The summed E-state index contributed by atoms with van der Waals surface area (Å²) in [7, 11) is 0. The highest BCUT2D eigenvalue weighted by molar-refractivity contribution is 5.62. The van der Waals surface area contributed by atoms with Crippen molar-refractivity contribution >= 4 is 6.08 Å². The first-order valence-corrected chi connectivity index (χ1v) is 9.04. The van der Waals surface area contributed by atoms with Crippen LogP contribution in [0, 0.1) is 0 Å². The highest BCUT2D eigenvalue weighted by atomic mass is 16.4. The first kappa shape index (κ1) is 19.1. The van der Waals surface area contributed by atoms with Crippen molar-refractivity contribution in [1.29, 1.82) is 0 Å². The number of allylic oxidation sites excluding steroid dienone is 2. The Bertz CT molecular complexity index is 1040. The molecule has 4 rings (SSSR count). The minimum Gasteiger partial charge on any atom is -0.871 e. The zero-order valence-corrected chi connectivity index (χ0v) is 15.4. The van der Waals surface area contributed by atoms with Crippen LogP contribution >= 0.6 is 0 Å². The second-order valence-electron chi connectivity index (χ2n) is 6.75. The lowest BCUT2D eigenvalue weighted by Gasteiger charge is -2.31. The molecule has 2 aromatic rings. The Hall–Kier alpha value is -3.20. The minimum absolute atomic E-state index is 0.181. The molecule has 2 aromatic heterocycles. The summed E-state index contributed by atoms with van der Waals surface area (Å²) in [5.41, 5.74) is 0.957. The molecule has 1 atom stereocenters. The predicted molar refractivity (Wildman–Crippen MR) is 97.5 cm³/mol. The lowest BCUT2D eigenvalue weighted by Crippen LogP contribution is -2.33. The van der Waals surface area contributed by atoms with E-state index in [0.717, 1.165) is 0 Å². The maximum Gasteiger partial charge on any atom is 0.207 e. The Balaban J connectivity index is 1.68. The summed E-state index contributed by atoms with van der Waals surface area (Å²) in [6, 6.07) is 5.81. The maximum atomic E-state index is 13.0. The molecular weight excluding hydrogens is 378 g/mol. The van der Waals surface area contributed by atoms with E-state index in [1.807, 2.05) is 0 Å². The molecule has 29 heavy (non-hydrogen) atoms. The second-order valence-corrected chi connectivity index (χ2v) is 6.75. The van der Waals surface area contributed by atoms with Gasteiger partial charge in [-0.05, 0) is 48.2 Å². The standard InChI is InChI=1S/C21H20NO7/c23-9-15-3-1-13(28-15)5-12-6-18-21(27)17(7-14-2-4-16(10-24)29-14)19(11-25)22(18)8-20(12)26/h1-4,6-8,19,23-26H,5,9-11H2/p-1/b17-7+. The first-order valence-electron chi connectivity index (χ1n) is 9.04. The average molecular weight is 397 g/mol. The van der Waals surface area contributed by atoms with Crippen molar-refractivity contribution < 1.29 is 34.4 Å². The Kier molecular flexibility index (Phi) is 5.06. The van der Waals surface area contributed by atoms with Crippen molar-refractivity contribution in [2.45, 2.75) is 25.7 Å². The van der Waals surface area contributed by atoms with Crippen molar-refractivity contribution in [3.05, 3.63) is 87.9 Å². The molecule has 3 N–H and O–H groups in total. The van der Waals surface area contributed by atoms with Gasteiger partial charge in [0.1, 0.15) is 36.3 Å². The third-order valence-electron chi connectivity index (χ3n) is 4.90. The second kappa shape index (κ2) is 7.67. The van der Waals surface area contributed by atoms with E-state index in [1.165, 1.54) is 23.3 Å². The van der Waals surface area contributed by atoms with Crippen LogP contribution in [0.4, 0.5) is 0 Å². The van der Waals surface area contributed by atoms with Crippen molar-refractivity contribution in [1.82, 2.24) is 4.90 Å². The molecule has 0 spiro atoms. The van der Waals surface area contributed by atoms with E-state index in [-0.39, 0.29) is 43.5 Å². The van der Waals surface area contributed by atoms with Gasteiger partial charge in [-0.2, -0.15) is 0 Å². The van der Waals surface area contributed by atoms with Crippen LogP contribution in [-0.2, 0) is 24.7 Å². The van der Waals surface area contributed by atoms with Crippen LogP contribution in [0.25, 0.3) is 6.08 Å². The van der Waals surface area contributed by atoms with Gasteiger partial charge in [0.25, 0.3) is 0 Å². The zero-order valence-electron chi connectivity index (χ0n) is 15.4. The Morgan fingerprint density at radius 1 is 1.03 bits per heavy atom. The van der Waals surface area contributed by atoms with Crippen LogP contribution in [0.5, 0.6) is 0 Å². The van der Waals surface area contributed by atoms with Crippen molar-refractivity contribution in [2.75, 3.05) is 6.61 Å². The molecule has 2 aliphatic rings. The molecule has 0 aromatic carbocycles. The van der Waals surface area contributed by atoms with Crippen molar-refractivity contribution in [3.8, 4) is 0 Å². The summed E-state index contributed by atoms with van der Waals surface area (Å²) in [6.07, 6.45) is 4.51. The monoisotopic (exact) mass is 397 g/mol. The number of rotatable bonds is 6. The molecule has 0 saturated heterocycles. The van der Waals surface area contributed by atoms with E-state index >= 15 is 0 Å². The molecule has 4 heterocycles. The fourth-order valence-corrected chi connectivity index (χ4v) is 3.47. The summed E-state index contributed by atoms with van der Waals surface area (Å²) in [5, 5.41) is 53.6. The molecule has 151 valence electrons. The van der Waals surface area contributed by atoms with Crippen LogP contribution in [0.1, 0.15) is 23.0 Å². The van der Waals surface area contributed by atoms with E-state index in [1.54, 1.807) is 24.3 Å². The molecule has 0 fully saturated rings. The summed E-state index contributed by atoms with van der Waals surface area (Å²) in [5.74, 6) is 1.02. The third kappa shape index (κ3) is 3.49. The maximum absolute atomic E-state index is 13.0. The fourth-order valence-electron chi connectivity index (χ4n) is 3.47. The topological polar surface area (TPSA) is 133 Å². The summed E-state index contributed by atoms with van der Waals surface area (Å²) < 4.78 is 10.8. The van der Waals surface area contributed by atoms with Gasteiger partial charge in [-0.25, -0.2) is 0 Å². The highest BCUT2D eigenvalue weighted by Crippen LogP contribution is 2.39. The smallest absolute Gasteiger partial charge is 0.207 e. The largest absolute Gasteiger partial charge is 0.871 e. The Labute approximate surface area is 166 Å². The first-order chi connectivity index (χ1) is 14.0. The molecule has 8 heteroatoms. The number of furan rings is 2. The molecule has 0 aliphatic carbocycles. The van der Waals surface area contributed by atoms with Gasteiger partial charge in [-0.15, -0.1) is 0 Å². The summed E-state index contributed by atoms with van der Waals surface area (Å²) in [4.78, 5) is 1.47. The molecule has 0 saturated carbocycles. The van der Waals surface area contributed by atoms with Crippen LogP contribution in [0.15, 0.2) is 73.7 Å². The lowest BCUT2D eigenvalue weighted by atomic mass is 10.0. The van der Waals surface area contributed by atoms with E-state index in [0.29, 0.717) is 34.2 Å². The van der Waals surface area contributed by atoms with Crippen molar-refractivity contribution in [2.24, 2.45) is 0 Å². The molecule has 0 bridgehead atoms. The van der Waals surface area contributed by atoms with Gasteiger partial charge < -0.3 is 34.2 Å². The molecule has 8 nitrogen and oxygen atoms in total. The van der Waals surface area contributed by atoms with Gasteiger partial charge >= 0.3 is 0 Å². The van der Waals surface area contributed by atoms with E-state index < -0.39 is 6.04 Å². The van der Waals surface area contributed by atoms with Gasteiger partial charge in [-0.1, -0.05) is 5.76 Å². The van der Waals surface area contributed by atoms with Gasteiger partial charge in [0, 0.05) is 12.0 Å². The van der Waals surface area contributed by atoms with Gasteiger partial charge in [0.2, 0.25) is 5.76 Å². The SMILES string of the molecule is [O]C1=C2C=C(Cc3ccc(CO)o3)C([O-])=CN2C(CO)/C1=C\c1ccc(CO)o1. The van der Waals surface area contributed by atoms with Crippen LogP contribution in [0.2, 0.25) is 0 Å². The number of hydrogen-bond acceptors (Lipinski definition) is 7. The Morgan fingerprint density at radius 3 is 2.38 bits per heavy atom. The summed E-state index contributed by atoms with van der Waals surface area (Å²) >= 11 is 0. The van der Waals surface area contributed by atoms with Crippen LogP contribution in [0.3, 0.4) is 0 Å². The molecule has 1 unspecified atom stereocenters.